The standard InChI is InChI=1S/C16H18ClN3O3/c1-11(4-5-13-3-2-8-23-13)20-15(21)10-19-16(22)14-9-12(17)6-7-18-14/h2-3,6-9,11H,4-5,10H2,1H3,(H,19,22)(H,20,21). The molecule has 2 N–H and O–H groups in total. The summed E-state index contributed by atoms with van der Waals surface area (Å²) in [6.45, 7) is 1.79. The first-order valence-corrected chi connectivity index (χ1v) is 7.64. The molecule has 122 valence electrons. The summed E-state index contributed by atoms with van der Waals surface area (Å²) in [7, 11) is 0. The van der Waals surface area contributed by atoms with Crippen LogP contribution in [0.4, 0.5) is 0 Å². The van der Waals surface area contributed by atoms with Gasteiger partial charge in [0.25, 0.3) is 5.91 Å². The predicted molar refractivity (Wildman–Crippen MR) is 86.2 cm³/mol. The second-order valence-corrected chi connectivity index (χ2v) is 5.57. The number of hydrogen-bond donors (Lipinski definition) is 2. The van der Waals surface area contributed by atoms with Gasteiger partial charge in [-0.2, -0.15) is 0 Å². The maximum Gasteiger partial charge on any atom is 0.270 e. The zero-order chi connectivity index (χ0) is 16.7. The highest BCUT2D eigenvalue weighted by Gasteiger charge is 2.12. The van der Waals surface area contributed by atoms with Gasteiger partial charge in [0.1, 0.15) is 11.5 Å². The Morgan fingerprint density at radius 2 is 2.22 bits per heavy atom. The molecule has 1 unspecified atom stereocenters. The van der Waals surface area contributed by atoms with Crippen molar-refractivity contribution >= 4 is 23.4 Å². The molecule has 2 aromatic heterocycles. The highest BCUT2D eigenvalue weighted by Crippen LogP contribution is 2.08. The maximum absolute atomic E-state index is 11.8. The summed E-state index contributed by atoms with van der Waals surface area (Å²) in [5, 5.41) is 5.75. The fourth-order valence-corrected chi connectivity index (χ4v) is 2.15. The predicted octanol–water partition coefficient (Wildman–Crippen LogP) is 2.20. The third-order valence-corrected chi connectivity index (χ3v) is 3.41. The Bertz CT molecular complexity index is 658. The summed E-state index contributed by atoms with van der Waals surface area (Å²) >= 11 is 5.79. The number of pyridine rings is 1. The third kappa shape index (κ3) is 5.75. The van der Waals surface area contributed by atoms with Crippen molar-refractivity contribution in [2.75, 3.05) is 6.54 Å². The normalized spacial score (nSPS) is 11.7. The fraction of sp³-hybridized carbons (Fsp3) is 0.312. The van der Waals surface area contributed by atoms with Crippen molar-refractivity contribution < 1.29 is 14.0 Å². The van der Waals surface area contributed by atoms with E-state index in [9.17, 15) is 9.59 Å². The Morgan fingerprint density at radius 1 is 1.39 bits per heavy atom. The van der Waals surface area contributed by atoms with Crippen molar-refractivity contribution in [1.29, 1.82) is 0 Å². The van der Waals surface area contributed by atoms with Gasteiger partial charge < -0.3 is 15.1 Å². The largest absolute Gasteiger partial charge is 0.469 e. The number of halogens is 1. The minimum absolute atomic E-state index is 0.0196. The molecular weight excluding hydrogens is 318 g/mol. The highest BCUT2D eigenvalue weighted by molar-refractivity contribution is 6.30. The summed E-state index contributed by atoms with van der Waals surface area (Å²) in [5.41, 5.74) is 0.177. The van der Waals surface area contributed by atoms with Gasteiger partial charge in [-0.05, 0) is 37.6 Å². The van der Waals surface area contributed by atoms with Crippen molar-refractivity contribution in [1.82, 2.24) is 15.6 Å². The summed E-state index contributed by atoms with van der Waals surface area (Å²) < 4.78 is 5.24. The molecule has 0 radical (unpaired) electrons. The number of nitrogens with one attached hydrogen (secondary N) is 2. The molecule has 7 heteroatoms. The highest BCUT2D eigenvalue weighted by atomic mass is 35.5. The topological polar surface area (TPSA) is 84.2 Å². The smallest absolute Gasteiger partial charge is 0.270 e. The van der Waals surface area contributed by atoms with E-state index in [0.717, 1.165) is 18.6 Å². The van der Waals surface area contributed by atoms with Crippen LogP contribution in [0.1, 0.15) is 29.6 Å². The van der Waals surface area contributed by atoms with Crippen LogP contribution in [-0.2, 0) is 11.2 Å². The number of hydrogen-bond acceptors (Lipinski definition) is 4. The van der Waals surface area contributed by atoms with Crippen LogP contribution in [-0.4, -0.2) is 29.4 Å². The van der Waals surface area contributed by atoms with Gasteiger partial charge in [-0.15, -0.1) is 0 Å². The van der Waals surface area contributed by atoms with Gasteiger partial charge >= 0.3 is 0 Å². The molecular formula is C16H18ClN3O3. The number of rotatable bonds is 7. The number of furan rings is 1. The van der Waals surface area contributed by atoms with Gasteiger partial charge in [-0.3, -0.25) is 14.6 Å². The first-order chi connectivity index (χ1) is 11.0. The SMILES string of the molecule is CC(CCc1ccco1)NC(=O)CNC(=O)c1cc(Cl)ccn1. The van der Waals surface area contributed by atoms with E-state index in [1.165, 1.54) is 12.3 Å². The monoisotopic (exact) mass is 335 g/mol. The Hall–Kier alpha value is -2.34. The first-order valence-electron chi connectivity index (χ1n) is 7.26. The number of aromatic nitrogens is 1. The molecule has 1 atom stereocenters. The van der Waals surface area contributed by atoms with Crippen LogP contribution in [0.3, 0.4) is 0 Å². The van der Waals surface area contributed by atoms with Gasteiger partial charge in [0.05, 0.1) is 12.8 Å². The Morgan fingerprint density at radius 3 is 2.91 bits per heavy atom. The van der Waals surface area contributed by atoms with Crippen molar-refractivity contribution in [3.05, 3.63) is 53.2 Å². The average Bonchev–Trinajstić information content (AvgIpc) is 3.04. The summed E-state index contributed by atoms with van der Waals surface area (Å²) in [6, 6.07) is 6.73. The lowest BCUT2D eigenvalue weighted by Gasteiger charge is -2.13. The molecule has 23 heavy (non-hydrogen) atoms. The number of carbonyl (C=O) groups is 2. The zero-order valence-electron chi connectivity index (χ0n) is 12.7. The number of carbonyl (C=O) groups excluding carboxylic acids is 2. The molecule has 0 aliphatic carbocycles. The summed E-state index contributed by atoms with van der Waals surface area (Å²) in [6.07, 6.45) is 4.56. The molecule has 0 aromatic carbocycles. The van der Waals surface area contributed by atoms with E-state index in [0.29, 0.717) is 5.02 Å². The van der Waals surface area contributed by atoms with Gasteiger partial charge in [0.2, 0.25) is 5.91 Å². The molecule has 2 aromatic rings. The minimum Gasteiger partial charge on any atom is -0.469 e. The Labute approximate surface area is 139 Å². The van der Waals surface area contributed by atoms with Crippen molar-refractivity contribution in [2.45, 2.75) is 25.8 Å². The lowest BCUT2D eigenvalue weighted by Crippen LogP contribution is -2.41. The molecule has 2 amide bonds. The molecule has 0 bridgehead atoms. The van der Waals surface area contributed by atoms with Crippen LogP contribution in [0.15, 0.2) is 41.1 Å². The fourth-order valence-electron chi connectivity index (χ4n) is 1.99. The first kappa shape index (κ1) is 17.0. The summed E-state index contributed by atoms with van der Waals surface area (Å²) in [4.78, 5) is 27.6. The molecule has 0 aliphatic heterocycles. The van der Waals surface area contributed by atoms with E-state index in [4.69, 9.17) is 16.0 Å². The van der Waals surface area contributed by atoms with E-state index in [1.807, 2.05) is 19.1 Å². The maximum atomic E-state index is 11.8. The number of amides is 2. The van der Waals surface area contributed by atoms with Crippen molar-refractivity contribution in [2.24, 2.45) is 0 Å². The van der Waals surface area contributed by atoms with E-state index >= 15 is 0 Å². The molecule has 6 nitrogen and oxygen atoms in total. The molecule has 0 aliphatic rings. The molecule has 0 fully saturated rings. The van der Waals surface area contributed by atoms with E-state index in [2.05, 4.69) is 15.6 Å². The second-order valence-electron chi connectivity index (χ2n) is 5.13. The van der Waals surface area contributed by atoms with Crippen LogP contribution < -0.4 is 10.6 Å². The van der Waals surface area contributed by atoms with Crippen LogP contribution >= 0.6 is 11.6 Å². The second kappa shape index (κ2) is 8.33. The van der Waals surface area contributed by atoms with Crippen LogP contribution in [0.5, 0.6) is 0 Å². The number of aryl methyl sites for hydroxylation is 1. The Kier molecular flexibility index (Phi) is 6.17. The van der Waals surface area contributed by atoms with E-state index in [1.54, 1.807) is 12.3 Å². The number of nitrogens with zero attached hydrogens (tertiary/aromatic N) is 1. The van der Waals surface area contributed by atoms with Crippen LogP contribution in [0.25, 0.3) is 0 Å². The van der Waals surface area contributed by atoms with Gasteiger partial charge in [0.15, 0.2) is 0 Å². The quantitative estimate of drug-likeness (QED) is 0.812. The Balaban J connectivity index is 1.70. The molecule has 0 saturated heterocycles. The van der Waals surface area contributed by atoms with Gasteiger partial charge in [-0.25, -0.2) is 0 Å². The molecule has 0 spiro atoms. The van der Waals surface area contributed by atoms with E-state index < -0.39 is 5.91 Å². The average molecular weight is 336 g/mol. The van der Waals surface area contributed by atoms with Crippen molar-refractivity contribution in [3.63, 3.8) is 0 Å². The molecule has 0 saturated carbocycles. The van der Waals surface area contributed by atoms with Gasteiger partial charge in [-0.1, -0.05) is 11.6 Å². The third-order valence-electron chi connectivity index (χ3n) is 3.18. The summed E-state index contributed by atoms with van der Waals surface area (Å²) in [5.74, 6) is 0.185. The lowest BCUT2D eigenvalue weighted by molar-refractivity contribution is -0.120. The zero-order valence-corrected chi connectivity index (χ0v) is 13.5. The van der Waals surface area contributed by atoms with Crippen LogP contribution in [0.2, 0.25) is 5.02 Å². The minimum atomic E-state index is -0.439. The molecule has 2 heterocycles. The van der Waals surface area contributed by atoms with E-state index in [-0.39, 0.29) is 24.2 Å². The van der Waals surface area contributed by atoms with Gasteiger partial charge in [0, 0.05) is 23.7 Å². The lowest BCUT2D eigenvalue weighted by atomic mass is 10.1. The molecule has 2 rings (SSSR count). The van der Waals surface area contributed by atoms with Crippen LogP contribution in [0, 0.1) is 0 Å². The van der Waals surface area contributed by atoms with Crippen molar-refractivity contribution in [3.8, 4) is 0 Å².